The van der Waals surface area contributed by atoms with Crippen LogP contribution in [0.1, 0.15) is 105 Å². The third-order valence-electron chi connectivity index (χ3n) is 34.8. The van der Waals surface area contributed by atoms with E-state index in [4.69, 9.17) is 0 Å². The van der Waals surface area contributed by atoms with Crippen LogP contribution in [0.4, 0.5) is 0 Å². The molecule has 33 aromatic carbocycles. The van der Waals surface area contributed by atoms with Crippen molar-refractivity contribution < 1.29 is 0 Å². The molecule has 706 valence electrons. The maximum atomic E-state index is 2.51. The number of hydrogen-bond donors (Lipinski definition) is 0. The Kier molecular flexibility index (Phi) is 18.0. The number of benzene rings is 27. The van der Waals surface area contributed by atoms with Crippen LogP contribution in [0.15, 0.2) is 425 Å². The molecule has 0 saturated carbocycles. The lowest BCUT2D eigenvalue weighted by Gasteiger charge is -2.22. The molecule has 33 rings (SSSR count). The number of rotatable bonds is 4. The van der Waals surface area contributed by atoms with Gasteiger partial charge in [0.05, 0.1) is 0 Å². The van der Waals surface area contributed by atoms with Crippen molar-refractivity contribution in [2.75, 3.05) is 0 Å². The van der Waals surface area contributed by atoms with E-state index in [9.17, 15) is 0 Å². The zero-order chi connectivity index (χ0) is 100. The molecule has 0 fully saturated rings. The zero-order valence-corrected chi connectivity index (χ0v) is 86.4. The normalized spacial score (nSPS) is 12.9. The minimum absolute atomic E-state index is 0.0416. The summed E-state index contributed by atoms with van der Waals surface area (Å²) in [6, 6.07) is 162. The van der Waals surface area contributed by atoms with Crippen molar-refractivity contribution in [2.45, 2.75) is 105 Å². The molecule has 0 spiro atoms. The number of fused-ring (bicyclic) bond motifs is 29. The summed E-state index contributed by atoms with van der Waals surface area (Å²) in [5.74, 6) is 0. The van der Waals surface area contributed by atoms with Gasteiger partial charge in [-0.25, -0.2) is 0 Å². The Morgan fingerprint density at radius 1 is 0.100 bits per heavy atom. The summed E-state index contributed by atoms with van der Waals surface area (Å²) in [5.41, 5.74) is 16.0. The maximum Gasteiger partial charge on any atom is -0.00197 e. The Morgan fingerprint density at radius 2 is 0.387 bits per heavy atom. The average molecular weight is 1910 g/mol. The van der Waals surface area contributed by atoms with E-state index >= 15 is 0 Å². The van der Waals surface area contributed by atoms with Crippen molar-refractivity contribution in [3.8, 4) is 44.5 Å². The summed E-state index contributed by atoms with van der Waals surface area (Å²) < 4.78 is 0. The molecule has 0 radical (unpaired) electrons. The highest BCUT2D eigenvalue weighted by Crippen LogP contribution is 2.56. The first-order valence-electron chi connectivity index (χ1n) is 53.6. The lowest BCUT2D eigenvalue weighted by molar-refractivity contribution is 0.590. The molecule has 0 aromatic heterocycles. The zero-order valence-electron chi connectivity index (χ0n) is 86.4. The van der Waals surface area contributed by atoms with Gasteiger partial charge in [0.25, 0.3) is 0 Å². The molecular weight excluding hydrogens is 1800 g/mol. The van der Waals surface area contributed by atoms with Crippen LogP contribution < -0.4 is 0 Å². The summed E-state index contributed by atoms with van der Waals surface area (Å²) in [5, 5.41) is 69.6. The molecule has 0 N–H and O–H groups in total. The van der Waals surface area contributed by atoms with Crippen LogP contribution in [0.2, 0.25) is 0 Å². The molecule has 33 aromatic rings. The van der Waals surface area contributed by atoms with Crippen LogP contribution in [-0.2, 0) is 21.7 Å². The summed E-state index contributed by atoms with van der Waals surface area (Å²) in [7, 11) is 0. The first-order valence-corrected chi connectivity index (χ1v) is 53.6. The molecule has 0 atom stereocenters. The fourth-order valence-corrected chi connectivity index (χ4v) is 27.2. The summed E-state index contributed by atoms with van der Waals surface area (Å²) in [6.07, 6.45) is 0. The minimum Gasteiger partial charge on any atom is -0.0622 e. The van der Waals surface area contributed by atoms with Crippen molar-refractivity contribution in [2.24, 2.45) is 0 Å². The van der Waals surface area contributed by atoms with Crippen LogP contribution in [0.3, 0.4) is 0 Å². The Balaban J connectivity index is 0.000000102. The Labute approximate surface area is 869 Å². The van der Waals surface area contributed by atoms with Crippen molar-refractivity contribution in [1.29, 1.82) is 0 Å². The minimum atomic E-state index is 0.0416. The van der Waals surface area contributed by atoms with E-state index in [-0.39, 0.29) is 21.7 Å². The molecule has 0 aliphatic carbocycles. The molecule has 0 nitrogen and oxygen atoms in total. The highest BCUT2D eigenvalue weighted by molar-refractivity contribution is 6.43. The maximum absolute atomic E-state index is 2.51. The predicted octanol–water partition coefficient (Wildman–Crippen LogP) is 43.5. The predicted molar refractivity (Wildman–Crippen MR) is 658 cm³/mol. The molecule has 0 heteroatoms. The van der Waals surface area contributed by atoms with Gasteiger partial charge in [-0.3, -0.25) is 0 Å². The van der Waals surface area contributed by atoms with E-state index in [2.05, 4.69) is 508 Å². The molecular formula is C150H106. The van der Waals surface area contributed by atoms with Gasteiger partial charge in [-0.1, -0.05) is 374 Å². The second kappa shape index (κ2) is 31.1. The highest BCUT2D eigenvalue weighted by atomic mass is 14.3. The summed E-state index contributed by atoms with van der Waals surface area (Å²) in [4.78, 5) is 0. The van der Waals surface area contributed by atoms with Crippen LogP contribution in [0, 0.1) is 0 Å². The Bertz CT molecular complexity index is 11600. The van der Waals surface area contributed by atoms with Crippen LogP contribution in [0.5, 0.6) is 0 Å². The van der Waals surface area contributed by atoms with Crippen molar-refractivity contribution >= 4 is 280 Å². The molecule has 150 heavy (non-hydrogen) atoms. The van der Waals surface area contributed by atoms with Crippen LogP contribution in [-0.4, -0.2) is 0 Å². The third-order valence-corrected chi connectivity index (χ3v) is 34.8. The second-order valence-corrected chi connectivity index (χ2v) is 47.6. The summed E-state index contributed by atoms with van der Waals surface area (Å²) >= 11 is 0. The van der Waals surface area contributed by atoms with Crippen molar-refractivity contribution in [3.63, 3.8) is 0 Å². The first-order chi connectivity index (χ1) is 72.8. The summed E-state index contributed by atoms with van der Waals surface area (Å²) in [6.45, 7) is 28.0. The molecule has 0 unspecified atom stereocenters. The van der Waals surface area contributed by atoms with Gasteiger partial charge in [-0.15, -0.1) is 0 Å². The lowest BCUT2D eigenvalue weighted by atomic mass is 9.82. The Hall–Kier alpha value is -17.4. The van der Waals surface area contributed by atoms with Gasteiger partial charge in [0.15, 0.2) is 0 Å². The van der Waals surface area contributed by atoms with Gasteiger partial charge < -0.3 is 0 Å². The molecule has 0 aliphatic heterocycles. The van der Waals surface area contributed by atoms with E-state index in [0.29, 0.717) is 0 Å². The van der Waals surface area contributed by atoms with Gasteiger partial charge in [-0.05, 0) is 502 Å². The largest absolute Gasteiger partial charge is 0.0622 e. The molecule has 0 bridgehead atoms. The quantitative estimate of drug-likeness (QED) is 0.154. The molecule has 0 amide bonds. The highest BCUT2D eigenvalue weighted by Gasteiger charge is 2.30. The van der Waals surface area contributed by atoms with Crippen LogP contribution in [0.25, 0.3) is 325 Å². The number of hydrogen-bond acceptors (Lipinski definition) is 0. The Morgan fingerprint density at radius 3 is 0.867 bits per heavy atom. The monoisotopic (exact) mass is 1910 g/mol. The van der Waals surface area contributed by atoms with Gasteiger partial charge >= 0.3 is 0 Å². The van der Waals surface area contributed by atoms with Gasteiger partial charge in [-0.2, -0.15) is 0 Å². The van der Waals surface area contributed by atoms with Gasteiger partial charge in [0, 0.05) is 0 Å². The van der Waals surface area contributed by atoms with E-state index in [1.165, 1.54) is 347 Å². The van der Waals surface area contributed by atoms with Gasteiger partial charge in [0.1, 0.15) is 0 Å². The molecule has 0 saturated heterocycles. The first kappa shape index (κ1) is 86.8. The average Bonchev–Trinajstić information content (AvgIpc) is 1.55. The van der Waals surface area contributed by atoms with Crippen molar-refractivity contribution in [1.82, 2.24) is 0 Å². The van der Waals surface area contributed by atoms with E-state index in [1.807, 2.05) is 0 Å². The van der Waals surface area contributed by atoms with E-state index in [0.717, 1.165) is 0 Å². The SMILES string of the molecule is CC(C)(C)c1ccc2c(c1)cc1c3cc4cc5c(cc4cc3c3cc(C(C)(C)C)cc2c31)c1cc(C(C)(C)C)cc2cc(C(C)(C)C)cc5c21.c1ccc(-c2cc3ccccc3cc2-c2ccc3c4cc5cc6c(cc5cc4c4cccc2c34)c2cc3cccc(-c4ccccc4)c3c3cccc6c23)cc1.c1ccc2cc(-c3ccc4c5cc6cc7c(cc6cc5c5cccc3c54)c3cccc4c5ccccc5cc7c43)ccc2c1. The standard InChI is InChI=1S/C56H32.C50H50.C44H24/c1-3-12-33(13-4-1)40-19-9-18-37-28-53-52-32-39-29-49-43-21-10-20-42-41(48-27-36-17-8-7-16-35(36)26-47(48)34-14-5-2-6-15-34)24-25-45(55(42)43)51(49)31-38(39)30-50(52)44-22-11-23-46(54(37)40)56(44)53;1-47(2,3)31-13-14-35-29(15-31)22-40-36-18-27-19-37-38(20-28(27)21-39(36)44-26-34(50(10,11)12)25-41(35)46(40)44)43-24-33(49(7,8)9)17-30-16-32(48(4,5)6)23-42(37)45(30)43;1-2-8-26-19-28(16-15-25(26)7-1)32-17-18-37-40-23-30-24-41-39(22-29(30)21-38(40)35-13-6-12-34(32)43(35)37)36-14-5-11-33-31-10-4-3-9-27(31)20-42(41)44(33)36/h1-32H;13-26H,1-12H3;1-24H. The fraction of sp³-hybridized carbons (Fsp3) is 0.107. The van der Waals surface area contributed by atoms with Crippen molar-refractivity contribution in [3.05, 3.63) is 447 Å². The molecule has 0 aliphatic rings. The second-order valence-electron chi connectivity index (χ2n) is 47.6. The van der Waals surface area contributed by atoms with Gasteiger partial charge in [0.2, 0.25) is 0 Å². The third kappa shape index (κ3) is 12.8. The molecule has 0 heterocycles. The smallest absolute Gasteiger partial charge is 0.00197 e. The van der Waals surface area contributed by atoms with E-state index in [1.54, 1.807) is 0 Å². The fourth-order valence-electron chi connectivity index (χ4n) is 27.2. The van der Waals surface area contributed by atoms with Crippen LogP contribution >= 0.6 is 0 Å². The lowest BCUT2D eigenvalue weighted by Crippen LogP contribution is -2.12. The van der Waals surface area contributed by atoms with E-state index < -0.39 is 0 Å². The topological polar surface area (TPSA) is 0 Å².